The van der Waals surface area contributed by atoms with Gasteiger partial charge in [-0.2, -0.15) is 13.2 Å². The number of aryl methyl sites for hydroxylation is 1. The molecule has 3 heterocycles. The highest BCUT2D eigenvalue weighted by atomic mass is 19.4. The van der Waals surface area contributed by atoms with Crippen LogP contribution in [0.2, 0.25) is 0 Å². The van der Waals surface area contributed by atoms with E-state index in [2.05, 4.69) is 4.98 Å². The number of anilines is 1. The fourth-order valence-electron chi connectivity index (χ4n) is 3.81. The molecule has 2 aliphatic heterocycles. The van der Waals surface area contributed by atoms with E-state index in [4.69, 9.17) is 11.1 Å². The summed E-state index contributed by atoms with van der Waals surface area (Å²) in [6.07, 6.45) is -3.76. The Balaban J connectivity index is 1.86. The molecule has 7 nitrogen and oxygen atoms in total. The molecule has 1 amide bonds. The van der Waals surface area contributed by atoms with E-state index in [1.165, 1.54) is 0 Å². The van der Waals surface area contributed by atoms with Crippen molar-refractivity contribution in [2.45, 2.75) is 38.0 Å². The summed E-state index contributed by atoms with van der Waals surface area (Å²) in [5.41, 5.74) is 2.65. The first-order chi connectivity index (χ1) is 13.0. The number of nitrogens with two attached hydrogens (primary N) is 1. The number of amidine groups is 1. The quantitative estimate of drug-likeness (QED) is 0.605. The smallest absolute Gasteiger partial charge is 0.401 e. The number of aromatic nitrogens is 1. The molecule has 152 valence electrons. The van der Waals surface area contributed by atoms with Gasteiger partial charge in [-0.25, -0.2) is 4.98 Å². The van der Waals surface area contributed by atoms with Crippen LogP contribution in [0, 0.1) is 18.3 Å². The Morgan fingerprint density at radius 3 is 2.64 bits per heavy atom. The highest BCUT2D eigenvalue weighted by molar-refractivity contribution is 6.11. The number of hydrogen-bond acceptors (Lipinski definition) is 6. The summed E-state index contributed by atoms with van der Waals surface area (Å²) in [6, 6.07) is 3.76. The maximum absolute atomic E-state index is 13.5. The Morgan fingerprint density at radius 1 is 1.43 bits per heavy atom. The standard InChI is InChI=1S/C18H22F3N5O2/c1-10-3-2-6-24-16(10)26-7-4-11(5-8-26)14(22)13-15(23)25-12(27)9-17(13,28)18(19,20)21/h2-3,6,11,28H,4-5,7-9,22H2,1H3,(H2,23,25,27). The summed E-state index contributed by atoms with van der Waals surface area (Å²) >= 11 is 0. The Kier molecular flexibility index (Phi) is 5.09. The topological polar surface area (TPSA) is 115 Å². The van der Waals surface area contributed by atoms with E-state index in [9.17, 15) is 23.1 Å². The van der Waals surface area contributed by atoms with Crippen LogP contribution in [0.25, 0.3) is 0 Å². The molecule has 1 aromatic heterocycles. The maximum atomic E-state index is 13.5. The second-order valence-corrected chi connectivity index (χ2v) is 7.19. The molecule has 2 fully saturated rings. The number of nitrogens with zero attached hydrogens (tertiary/aromatic N) is 2. The fourth-order valence-corrected chi connectivity index (χ4v) is 3.81. The first-order valence-corrected chi connectivity index (χ1v) is 8.89. The molecule has 0 radical (unpaired) electrons. The number of rotatable bonds is 2. The zero-order chi connectivity index (χ0) is 20.7. The molecule has 3 rings (SSSR count). The van der Waals surface area contributed by atoms with Crippen molar-refractivity contribution in [1.82, 2.24) is 10.3 Å². The van der Waals surface area contributed by atoms with E-state index in [-0.39, 0.29) is 5.70 Å². The van der Waals surface area contributed by atoms with Crippen LogP contribution in [0.4, 0.5) is 19.0 Å². The third kappa shape index (κ3) is 3.44. The van der Waals surface area contributed by atoms with Crippen molar-refractivity contribution in [2.24, 2.45) is 11.7 Å². The van der Waals surface area contributed by atoms with E-state index in [1.54, 1.807) is 6.20 Å². The Bertz CT molecular complexity index is 831. The van der Waals surface area contributed by atoms with E-state index in [0.29, 0.717) is 25.9 Å². The van der Waals surface area contributed by atoms with Gasteiger partial charge in [0.15, 0.2) is 5.60 Å². The number of nitrogens with one attached hydrogen (secondary N) is 2. The summed E-state index contributed by atoms with van der Waals surface area (Å²) in [5, 5.41) is 20.1. The van der Waals surface area contributed by atoms with Crippen molar-refractivity contribution in [2.75, 3.05) is 18.0 Å². The second-order valence-electron chi connectivity index (χ2n) is 7.19. The Labute approximate surface area is 159 Å². The average Bonchev–Trinajstić information content (AvgIpc) is 2.60. The summed E-state index contributed by atoms with van der Waals surface area (Å²) in [5.74, 6) is -1.49. The molecule has 10 heteroatoms. The molecule has 5 N–H and O–H groups in total. The molecular formula is C18H22F3N5O2. The van der Waals surface area contributed by atoms with Crippen molar-refractivity contribution in [3.8, 4) is 0 Å². The first-order valence-electron chi connectivity index (χ1n) is 8.89. The van der Waals surface area contributed by atoms with E-state index in [0.717, 1.165) is 11.4 Å². The summed E-state index contributed by atoms with van der Waals surface area (Å²) in [7, 11) is 0. The van der Waals surface area contributed by atoms with Crippen LogP contribution in [0.1, 0.15) is 24.8 Å². The minimum Gasteiger partial charge on any atom is -0.401 e. The SMILES string of the molecule is Cc1cccnc1N1CCC(C(N)=C2C(=N)NC(=O)CC2(O)C(F)(F)F)CC1. The minimum atomic E-state index is -5.12. The van der Waals surface area contributed by atoms with E-state index in [1.807, 2.05) is 29.3 Å². The van der Waals surface area contributed by atoms with Gasteiger partial charge in [-0.05, 0) is 31.4 Å². The zero-order valence-corrected chi connectivity index (χ0v) is 15.3. The summed E-state index contributed by atoms with van der Waals surface area (Å²) < 4.78 is 40.6. The van der Waals surface area contributed by atoms with Gasteiger partial charge in [-0.1, -0.05) is 6.07 Å². The lowest BCUT2D eigenvalue weighted by atomic mass is 9.79. The first kappa shape index (κ1) is 20.1. The molecule has 1 aromatic rings. The minimum absolute atomic E-state index is 0.192. The number of carbonyl (C=O) groups is 1. The number of hydrogen-bond donors (Lipinski definition) is 4. The third-order valence-corrected chi connectivity index (χ3v) is 5.32. The van der Waals surface area contributed by atoms with E-state index < -0.39 is 41.4 Å². The molecule has 2 saturated heterocycles. The number of aliphatic hydroxyl groups is 1. The molecule has 0 aromatic carbocycles. The van der Waals surface area contributed by atoms with Crippen LogP contribution in [0.5, 0.6) is 0 Å². The number of halogens is 3. The van der Waals surface area contributed by atoms with Crippen LogP contribution < -0.4 is 16.0 Å². The van der Waals surface area contributed by atoms with Gasteiger partial charge in [0.25, 0.3) is 0 Å². The molecular weight excluding hydrogens is 375 g/mol. The average molecular weight is 397 g/mol. The van der Waals surface area contributed by atoms with Gasteiger partial charge in [0.05, 0.1) is 12.0 Å². The molecule has 0 saturated carbocycles. The van der Waals surface area contributed by atoms with Crippen LogP contribution >= 0.6 is 0 Å². The molecule has 28 heavy (non-hydrogen) atoms. The van der Waals surface area contributed by atoms with Crippen molar-refractivity contribution in [1.29, 1.82) is 5.41 Å². The number of carbonyl (C=O) groups excluding carboxylic acids is 1. The highest BCUT2D eigenvalue weighted by Gasteiger charge is 2.61. The number of piperidine rings is 2. The number of amides is 1. The second kappa shape index (κ2) is 7.08. The number of allylic oxidation sites excluding steroid dienone is 1. The Hall–Kier alpha value is -2.62. The monoisotopic (exact) mass is 397 g/mol. The summed E-state index contributed by atoms with van der Waals surface area (Å²) in [6.45, 7) is 2.99. The molecule has 0 aliphatic carbocycles. The van der Waals surface area contributed by atoms with Gasteiger partial charge in [-0.3, -0.25) is 10.2 Å². The maximum Gasteiger partial charge on any atom is 0.422 e. The number of alkyl halides is 3. The molecule has 2 aliphatic rings. The van der Waals surface area contributed by atoms with Crippen molar-refractivity contribution in [3.05, 3.63) is 35.2 Å². The lowest BCUT2D eigenvalue weighted by Crippen LogP contribution is -2.59. The molecule has 0 spiro atoms. The molecule has 0 bridgehead atoms. The number of pyridine rings is 1. The van der Waals surface area contributed by atoms with Crippen molar-refractivity contribution >= 4 is 17.6 Å². The predicted molar refractivity (Wildman–Crippen MR) is 96.6 cm³/mol. The summed E-state index contributed by atoms with van der Waals surface area (Å²) in [4.78, 5) is 17.9. The lowest BCUT2D eigenvalue weighted by Gasteiger charge is -2.39. The normalized spacial score (nSPS) is 26.2. The van der Waals surface area contributed by atoms with Crippen LogP contribution in [0.3, 0.4) is 0 Å². The van der Waals surface area contributed by atoms with Crippen LogP contribution in [-0.4, -0.2) is 46.7 Å². The fraction of sp³-hybridized carbons (Fsp3) is 0.500. The van der Waals surface area contributed by atoms with Gasteiger partial charge in [-0.15, -0.1) is 0 Å². The highest BCUT2D eigenvalue weighted by Crippen LogP contribution is 2.43. The van der Waals surface area contributed by atoms with Crippen LogP contribution in [-0.2, 0) is 4.79 Å². The van der Waals surface area contributed by atoms with E-state index >= 15 is 0 Å². The van der Waals surface area contributed by atoms with Crippen molar-refractivity contribution < 1.29 is 23.1 Å². The van der Waals surface area contributed by atoms with Gasteiger partial charge in [0.2, 0.25) is 5.91 Å². The predicted octanol–water partition coefficient (Wildman–Crippen LogP) is 1.61. The third-order valence-electron chi connectivity index (χ3n) is 5.32. The molecule has 1 atom stereocenters. The van der Waals surface area contributed by atoms with Gasteiger partial charge >= 0.3 is 6.18 Å². The van der Waals surface area contributed by atoms with Gasteiger partial charge in [0.1, 0.15) is 11.7 Å². The van der Waals surface area contributed by atoms with Crippen LogP contribution in [0.15, 0.2) is 29.6 Å². The molecule has 1 unspecified atom stereocenters. The van der Waals surface area contributed by atoms with Crippen molar-refractivity contribution in [3.63, 3.8) is 0 Å². The Morgan fingerprint density at radius 2 is 2.07 bits per heavy atom. The largest absolute Gasteiger partial charge is 0.422 e. The van der Waals surface area contributed by atoms with Gasteiger partial charge < -0.3 is 21.1 Å². The lowest BCUT2D eigenvalue weighted by molar-refractivity contribution is -0.244. The zero-order valence-electron chi connectivity index (χ0n) is 15.3. The van der Waals surface area contributed by atoms with Gasteiger partial charge in [0, 0.05) is 30.9 Å².